The predicted molar refractivity (Wildman–Crippen MR) is 123 cm³/mol. The molecular weight excluding hydrogens is 458 g/mol. The van der Waals surface area contributed by atoms with Crippen LogP contribution < -0.4 is 11.1 Å². The number of aromatic nitrogens is 1. The second kappa shape index (κ2) is 13.1. The van der Waals surface area contributed by atoms with Crippen molar-refractivity contribution in [2.75, 3.05) is 19.6 Å². The van der Waals surface area contributed by atoms with Crippen molar-refractivity contribution < 1.29 is 28.3 Å². The van der Waals surface area contributed by atoms with E-state index in [9.17, 15) is 19.2 Å². The molecular formula is C22H31N7O6. The van der Waals surface area contributed by atoms with Gasteiger partial charge in [0.05, 0.1) is 0 Å². The first kappa shape index (κ1) is 27.4. The maximum atomic E-state index is 13.2. The fourth-order valence-electron chi connectivity index (χ4n) is 3.88. The van der Waals surface area contributed by atoms with Crippen LogP contribution in [0.2, 0.25) is 0 Å². The number of hydrogen-bond acceptors (Lipinski definition) is 8. The van der Waals surface area contributed by atoms with Gasteiger partial charge in [0.1, 0.15) is 18.4 Å². The van der Waals surface area contributed by atoms with Crippen molar-refractivity contribution in [3.8, 4) is 0 Å². The first-order valence-electron chi connectivity index (χ1n) is 11.3. The third-order valence-electron chi connectivity index (χ3n) is 5.48. The summed E-state index contributed by atoms with van der Waals surface area (Å²) in [5, 5.41) is 5.97. The number of esters is 1. The molecule has 0 aromatic carbocycles. The molecule has 13 heteroatoms. The lowest BCUT2D eigenvalue weighted by molar-refractivity contribution is -0.159. The van der Waals surface area contributed by atoms with E-state index >= 15 is 0 Å². The van der Waals surface area contributed by atoms with Gasteiger partial charge in [-0.25, -0.2) is 9.78 Å². The average Bonchev–Trinajstić information content (AvgIpc) is 3.46. The third-order valence-corrected chi connectivity index (χ3v) is 5.48. The van der Waals surface area contributed by atoms with Crippen molar-refractivity contribution in [2.45, 2.75) is 52.2 Å². The van der Waals surface area contributed by atoms with Gasteiger partial charge < -0.3 is 25.1 Å². The maximum Gasteiger partial charge on any atom is 0.329 e. The smallest absolute Gasteiger partial charge is 0.329 e. The highest BCUT2D eigenvalue weighted by atomic mass is 16.5. The number of azide groups is 1. The van der Waals surface area contributed by atoms with E-state index in [2.05, 4.69) is 20.3 Å². The van der Waals surface area contributed by atoms with Crippen molar-refractivity contribution in [2.24, 2.45) is 22.7 Å². The molecule has 0 radical (unpaired) electrons. The van der Waals surface area contributed by atoms with Gasteiger partial charge in [0.25, 0.3) is 5.91 Å². The molecule has 1 aromatic heterocycles. The van der Waals surface area contributed by atoms with E-state index in [1.165, 1.54) is 17.2 Å². The highest BCUT2D eigenvalue weighted by Gasteiger charge is 2.39. The Morgan fingerprint density at radius 3 is 2.77 bits per heavy atom. The third kappa shape index (κ3) is 8.14. The second-order valence-electron chi connectivity index (χ2n) is 8.49. The van der Waals surface area contributed by atoms with Crippen LogP contribution >= 0.6 is 0 Å². The zero-order chi connectivity index (χ0) is 26.0. The molecule has 3 amide bonds. The van der Waals surface area contributed by atoms with Crippen LogP contribution in [0.5, 0.6) is 0 Å². The van der Waals surface area contributed by atoms with Gasteiger partial charge in [-0.05, 0) is 30.4 Å². The van der Waals surface area contributed by atoms with Gasteiger partial charge in [-0.3, -0.25) is 14.4 Å². The summed E-state index contributed by atoms with van der Waals surface area (Å²) in [5.41, 5.74) is 13.7. The Kier molecular flexibility index (Phi) is 10.3. The van der Waals surface area contributed by atoms with Crippen LogP contribution in [0.4, 0.5) is 0 Å². The molecule has 35 heavy (non-hydrogen) atoms. The highest BCUT2D eigenvalue weighted by molar-refractivity contribution is 5.95. The molecule has 1 fully saturated rings. The number of rotatable bonds is 12. The van der Waals surface area contributed by atoms with E-state index in [1.54, 1.807) is 6.92 Å². The summed E-state index contributed by atoms with van der Waals surface area (Å²) in [6.45, 7) is 5.85. The zero-order valence-corrected chi connectivity index (χ0v) is 20.0. The van der Waals surface area contributed by atoms with Crippen LogP contribution in [0.1, 0.15) is 49.5 Å². The lowest BCUT2D eigenvalue weighted by Gasteiger charge is -2.30. The number of aryl methyl sites for hydroxylation is 1. The van der Waals surface area contributed by atoms with Gasteiger partial charge in [0, 0.05) is 43.8 Å². The quantitative estimate of drug-likeness (QED) is 0.111. The van der Waals surface area contributed by atoms with Crippen molar-refractivity contribution in [3.05, 3.63) is 40.4 Å². The normalized spacial score (nSPS) is 17.1. The Labute approximate surface area is 202 Å². The summed E-state index contributed by atoms with van der Waals surface area (Å²) in [6, 6.07) is -0.806. The fraction of sp³-hybridized carbons (Fsp3) is 0.591. The second-order valence-corrected chi connectivity index (χ2v) is 8.49. The number of carbonyl (C=O) groups is 4. The van der Waals surface area contributed by atoms with Gasteiger partial charge in [-0.1, -0.05) is 25.0 Å². The van der Waals surface area contributed by atoms with Crippen LogP contribution in [0.3, 0.4) is 0 Å². The van der Waals surface area contributed by atoms with Crippen molar-refractivity contribution in [1.29, 1.82) is 0 Å². The molecule has 0 unspecified atom stereocenters. The Morgan fingerprint density at radius 1 is 1.43 bits per heavy atom. The number of nitrogens with zero attached hydrogens (tertiary/aromatic N) is 5. The van der Waals surface area contributed by atoms with Crippen molar-refractivity contribution in [1.82, 2.24) is 15.2 Å². The molecule has 0 bridgehead atoms. The molecule has 0 spiro atoms. The summed E-state index contributed by atoms with van der Waals surface area (Å²) < 4.78 is 10.9. The minimum absolute atomic E-state index is 0.0865. The number of hydrogen-bond donors (Lipinski definition) is 2. The molecule has 1 aliphatic rings. The highest BCUT2D eigenvalue weighted by Crippen LogP contribution is 2.26. The Balaban J connectivity index is 2.15. The molecule has 3 atom stereocenters. The van der Waals surface area contributed by atoms with Gasteiger partial charge in [0.2, 0.25) is 11.8 Å². The molecule has 2 heterocycles. The van der Waals surface area contributed by atoms with Gasteiger partial charge in [-0.15, -0.1) is 0 Å². The number of ether oxygens (including phenoxy) is 1. The van der Waals surface area contributed by atoms with E-state index in [4.69, 9.17) is 20.4 Å². The van der Waals surface area contributed by atoms with Crippen LogP contribution in [-0.2, 0) is 19.1 Å². The first-order valence-corrected chi connectivity index (χ1v) is 11.3. The van der Waals surface area contributed by atoms with Crippen molar-refractivity contribution >= 4 is 23.7 Å². The molecule has 1 saturated heterocycles. The summed E-state index contributed by atoms with van der Waals surface area (Å²) >= 11 is 0. The number of primary amides is 1. The minimum Gasteiger partial charge on any atom is -0.460 e. The number of nitrogens with one attached hydrogen (secondary N) is 1. The summed E-state index contributed by atoms with van der Waals surface area (Å²) in [6.07, 6.45) is 4.00. The zero-order valence-electron chi connectivity index (χ0n) is 20.0. The van der Waals surface area contributed by atoms with E-state index in [-0.39, 0.29) is 37.0 Å². The van der Waals surface area contributed by atoms with Crippen LogP contribution in [0.15, 0.2) is 27.9 Å². The number of amides is 3. The molecule has 0 saturated carbocycles. The SMILES string of the molecule is Cc1nc(C(=O)N2CCC[C@@H]2C(=O)O[C@H](C(C)C)[C@@H](/C=C/C(N)=O)CC(=O)NCCN=[N+]=[N-])co1. The van der Waals surface area contributed by atoms with E-state index in [0.717, 1.165) is 6.08 Å². The molecule has 2 rings (SSSR count). The van der Waals surface area contributed by atoms with E-state index < -0.39 is 35.8 Å². The monoisotopic (exact) mass is 489 g/mol. The summed E-state index contributed by atoms with van der Waals surface area (Å²) in [4.78, 5) is 57.8. The maximum absolute atomic E-state index is 13.2. The Morgan fingerprint density at radius 2 is 2.17 bits per heavy atom. The lowest BCUT2D eigenvalue weighted by atomic mass is 9.89. The lowest BCUT2D eigenvalue weighted by Crippen LogP contribution is -2.44. The molecule has 190 valence electrons. The fourth-order valence-corrected chi connectivity index (χ4v) is 3.88. The van der Waals surface area contributed by atoms with Crippen LogP contribution in [0, 0.1) is 18.8 Å². The molecule has 0 aliphatic carbocycles. The number of nitrogens with two attached hydrogens (primary N) is 1. The largest absolute Gasteiger partial charge is 0.460 e. The summed E-state index contributed by atoms with van der Waals surface area (Å²) in [7, 11) is 0. The van der Waals surface area contributed by atoms with Gasteiger partial charge >= 0.3 is 5.97 Å². The number of likely N-dealkylation sites (tertiary alicyclic amines) is 1. The van der Waals surface area contributed by atoms with Crippen LogP contribution in [-0.4, -0.2) is 65.4 Å². The topological polar surface area (TPSA) is 194 Å². The predicted octanol–water partition coefficient (Wildman–Crippen LogP) is 1.63. The molecule has 3 N–H and O–H groups in total. The van der Waals surface area contributed by atoms with Gasteiger partial charge in [-0.2, -0.15) is 0 Å². The van der Waals surface area contributed by atoms with E-state index in [0.29, 0.717) is 25.3 Å². The Hall–Kier alpha value is -3.86. The summed E-state index contributed by atoms with van der Waals surface area (Å²) in [5.74, 6) is -2.65. The molecule has 1 aromatic rings. The number of carbonyl (C=O) groups excluding carboxylic acids is 4. The molecule has 1 aliphatic heterocycles. The standard InChI is InChI=1S/C22H31N7O6/c1-13(2)20(15(6-7-18(23)30)11-19(31)25-8-9-26-28-24)35-22(33)17-5-4-10-29(17)21(32)16-12-34-14(3)27-16/h6-7,12-13,15,17,20H,4-5,8-11H2,1-3H3,(H2,23,30)(H,25,31)/b7-6+/t15-,17+,20+/m0/s1. The molecule has 13 nitrogen and oxygen atoms in total. The van der Waals surface area contributed by atoms with Gasteiger partial charge in [0.15, 0.2) is 11.6 Å². The average molecular weight is 490 g/mol. The van der Waals surface area contributed by atoms with Crippen molar-refractivity contribution in [3.63, 3.8) is 0 Å². The number of oxazole rings is 1. The van der Waals surface area contributed by atoms with E-state index in [1.807, 2.05) is 13.8 Å². The minimum atomic E-state index is -0.806. The Bertz CT molecular complexity index is 998. The first-order chi connectivity index (χ1) is 16.6. The van der Waals surface area contributed by atoms with Crippen LogP contribution in [0.25, 0.3) is 10.4 Å².